The Hall–Kier alpha value is -3.14. The van der Waals surface area contributed by atoms with E-state index in [1.807, 2.05) is 0 Å². The molecule has 1 unspecified atom stereocenters. The van der Waals surface area contributed by atoms with E-state index in [-0.39, 0.29) is 23.9 Å². The third kappa shape index (κ3) is 2.84. The maximum atomic E-state index is 12.6. The van der Waals surface area contributed by atoms with Gasteiger partial charge in [0.2, 0.25) is 11.8 Å². The number of benzene rings is 1. The van der Waals surface area contributed by atoms with Crippen molar-refractivity contribution in [3.63, 3.8) is 0 Å². The second-order valence-electron chi connectivity index (χ2n) is 5.86. The third-order valence-electron chi connectivity index (χ3n) is 4.13. The van der Waals surface area contributed by atoms with Crippen LogP contribution in [0.3, 0.4) is 0 Å². The highest BCUT2D eigenvalue weighted by atomic mass is 32.2. The lowest BCUT2D eigenvalue weighted by Gasteiger charge is -2.13. The summed E-state index contributed by atoms with van der Waals surface area (Å²) in [6.07, 6.45) is 1.58. The Labute approximate surface area is 151 Å². The number of fused-ring (bicyclic) bond motifs is 2. The quantitative estimate of drug-likeness (QED) is 0.584. The summed E-state index contributed by atoms with van der Waals surface area (Å²) in [5.41, 5.74) is 6.37. The highest BCUT2D eigenvalue weighted by Crippen LogP contribution is 2.33. The second kappa shape index (κ2) is 6.30. The Bertz CT molecular complexity index is 1070. The van der Waals surface area contributed by atoms with Crippen LogP contribution >= 0.6 is 11.8 Å². The Balaban J connectivity index is 1.51. The van der Waals surface area contributed by atoms with E-state index in [1.165, 1.54) is 18.0 Å². The molecule has 0 bridgehead atoms. The van der Waals surface area contributed by atoms with Gasteiger partial charge in [-0.15, -0.1) is 0 Å². The van der Waals surface area contributed by atoms with Crippen molar-refractivity contribution in [2.45, 2.75) is 17.6 Å². The molecule has 10 heteroatoms. The number of amides is 2. The van der Waals surface area contributed by atoms with Crippen molar-refractivity contribution in [2.24, 2.45) is 5.73 Å². The number of hydrogen-bond donors (Lipinski definition) is 3. The minimum Gasteiger partial charge on any atom is -0.366 e. The molecule has 3 aromatic rings. The van der Waals surface area contributed by atoms with Crippen LogP contribution in [0.15, 0.2) is 40.4 Å². The maximum Gasteiger partial charge on any atom is 0.265 e. The fourth-order valence-electron chi connectivity index (χ4n) is 2.85. The van der Waals surface area contributed by atoms with Gasteiger partial charge in [0, 0.05) is 23.4 Å². The third-order valence-corrected chi connectivity index (χ3v) is 5.22. The summed E-state index contributed by atoms with van der Waals surface area (Å²) in [7, 11) is 0. The number of carbonyl (C=O) groups excluding carboxylic acids is 2. The number of aromatic nitrogens is 4. The van der Waals surface area contributed by atoms with E-state index in [4.69, 9.17) is 5.73 Å². The number of H-pyrrole nitrogens is 1. The van der Waals surface area contributed by atoms with Crippen molar-refractivity contribution < 1.29 is 9.59 Å². The number of nitrogens with one attached hydrogen (secondary N) is 2. The first-order valence-electron chi connectivity index (χ1n) is 7.81. The zero-order valence-electron chi connectivity index (χ0n) is 13.4. The first kappa shape index (κ1) is 16.3. The monoisotopic (exact) mass is 370 g/mol. The summed E-state index contributed by atoms with van der Waals surface area (Å²) in [4.78, 5) is 40.4. The van der Waals surface area contributed by atoms with E-state index in [2.05, 4.69) is 20.5 Å². The minimum atomic E-state index is -0.528. The molecule has 2 aromatic heterocycles. The van der Waals surface area contributed by atoms with Gasteiger partial charge in [-0.3, -0.25) is 24.0 Å². The number of carbonyl (C=O) groups is 2. The summed E-state index contributed by atoms with van der Waals surface area (Å²) in [5, 5.41) is 10.3. The molecule has 1 atom stereocenters. The molecule has 4 N–H and O–H groups in total. The smallest absolute Gasteiger partial charge is 0.265 e. The van der Waals surface area contributed by atoms with Crippen molar-refractivity contribution in [1.29, 1.82) is 0 Å². The Morgan fingerprint density at radius 1 is 1.35 bits per heavy atom. The van der Waals surface area contributed by atoms with Gasteiger partial charge in [0.1, 0.15) is 5.39 Å². The highest BCUT2D eigenvalue weighted by Gasteiger charge is 2.28. The van der Waals surface area contributed by atoms with E-state index >= 15 is 0 Å². The summed E-state index contributed by atoms with van der Waals surface area (Å²) < 4.78 is 1.55. The summed E-state index contributed by atoms with van der Waals surface area (Å²) in [6.45, 7) is 0. The number of nitrogens with two attached hydrogens (primary N) is 1. The molecule has 1 aromatic carbocycles. The van der Waals surface area contributed by atoms with Gasteiger partial charge in [0.15, 0.2) is 10.8 Å². The number of aromatic amines is 1. The van der Waals surface area contributed by atoms with Crippen molar-refractivity contribution >= 4 is 40.3 Å². The molecule has 9 nitrogen and oxygen atoms in total. The highest BCUT2D eigenvalue weighted by molar-refractivity contribution is 7.99. The van der Waals surface area contributed by atoms with Crippen LogP contribution in [-0.4, -0.2) is 37.3 Å². The van der Waals surface area contributed by atoms with Crippen LogP contribution in [0.25, 0.3) is 11.0 Å². The van der Waals surface area contributed by atoms with Crippen molar-refractivity contribution in [3.8, 4) is 0 Å². The van der Waals surface area contributed by atoms with Crippen LogP contribution in [0, 0.1) is 0 Å². The van der Waals surface area contributed by atoms with Crippen molar-refractivity contribution in [1.82, 2.24) is 19.7 Å². The average molecular weight is 370 g/mol. The molecule has 0 saturated carbocycles. The largest absolute Gasteiger partial charge is 0.366 e. The molecule has 0 saturated heterocycles. The van der Waals surface area contributed by atoms with Crippen LogP contribution < -0.4 is 16.6 Å². The molecular formula is C16H14N6O3S. The van der Waals surface area contributed by atoms with E-state index < -0.39 is 5.91 Å². The normalized spacial score (nSPS) is 15.8. The van der Waals surface area contributed by atoms with Gasteiger partial charge in [-0.1, -0.05) is 11.8 Å². The van der Waals surface area contributed by atoms with Gasteiger partial charge in [-0.25, -0.2) is 4.98 Å². The molecular weight excluding hydrogens is 356 g/mol. The summed E-state index contributed by atoms with van der Waals surface area (Å²) in [6, 6.07) is 6.03. The predicted molar refractivity (Wildman–Crippen MR) is 96.1 cm³/mol. The van der Waals surface area contributed by atoms with Crippen molar-refractivity contribution in [2.75, 3.05) is 11.1 Å². The van der Waals surface area contributed by atoms with E-state index in [9.17, 15) is 14.4 Å². The second-order valence-corrected chi connectivity index (χ2v) is 6.85. The summed E-state index contributed by atoms with van der Waals surface area (Å²) in [5.74, 6) is -0.162. The maximum absolute atomic E-state index is 12.6. The van der Waals surface area contributed by atoms with E-state index in [0.29, 0.717) is 33.2 Å². The molecule has 0 fully saturated rings. The van der Waals surface area contributed by atoms with Crippen LogP contribution in [0.1, 0.15) is 22.8 Å². The number of rotatable bonds is 4. The topological polar surface area (TPSA) is 136 Å². The number of primary amides is 1. The molecule has 2 amide bonds. The van der Waals surface area contributed by atoms with Gasteiger partial charge in [0.05, 0.1) is 12.2 Å². The van der Waals surface area contributed by atoms with Gasteiger partial charge in [0.25, 0.3) is 5.56 Å². The first-order valence-corrected chi connectivity index (χ1v) is 8.79. The Kier molecular flexibility index (Phi) is 3.96. The molecule has 1 aliphatic rings. The van der Waals surface area contributed by atoms with Crippen LogP contribution in [0.5, 0.6) is 0 Å². The van der Waals surface area contributed by atoms with Gasteiger partial charge in [-0.05, 0) is 24.3 Å². The standard InChI is InChI=1S/C16H14N6O3S/c17-13(24)8-1-3-9(4-2-8)19-12(23)5-10-7-26-16-20-14-11(6-18-21-14)15(25)22(10)16/h1-4,6,10H,5,7H2,(H2,17,24)(H,18,21)(H,19,23). The molecule has 0 radical (unpaired) electrons. The first-order chi connectivity index (χ1) is 12.5. The fraction of sp³-hybridized carbons (Fsp3) is 0.188. The molecule has 3 heterocycles. The molecule has 0 spiro atoms. The Morgan fingerprint density at radius 3 is 2.85 bits per heavy atom. The van der Waals surface area contributed by atoms with Gasteiger partial charge < -0.3 is 11.1 Å². The predicted octanol–water partition coefficient (Wildman–Crippen LogP) is 0.894. The van der Waals surface area contributed by atoms with Crippen LogP contribution in [0.2, 0.25) is 0 Å². The average Bonchev–Trinajstić information content (AvgIpc) is 3.23. The number of nitrogens with zero attached hydrogens (tertiary/aromatic N) is 3. The lowest BCUT2D eigenvalue weighted by Crippen LogP contribution is -2.27. The van der Waals surface area contributed by atoms with Crippen molar-refractivity contribution in [3.05, 3.63) is 46.4 Å². The van der Waals surface area contributed by atoms with Gasteiger partial charge >= 0.3 is 0 Å². The molecule has 26 heavy (non-hydrogen) atoms. The van der Waals surface area contributed by atoms with E-state index in [0.717, 1.165) is 0 Å². The van der Waals surface area contributed by atoms with Crippen LogP contribution in [-0.2, 0) is 4.79 Å². The van der Waals surface area contributed by atoms with Gasteiger partial charge in [-0.2, -0.15) is 5.10 Å². The molecule has 1 aliphatic heterocycles. The zero-order valence-corrected chi connectivity index (χ0v) is 14.2. The molecule has 0 aliphatic carbocycles. The lowest BCUT2D eigenvalue weighted by molar-refractivity contribution is -0.116. The molecule has 132 valence electrons. The lowest BCUT2D eigenvalue weighted by atomic mass is 10.2. The molecule has 4 rings (SSSR count). The number of anilines is 1. The minimum absolute atomic E-state index is 0.141. The van der Waals surface area contributed by atoms with E-state index in [1.54, 1.807) is 28.8 Å². The fourth-order valence-corrected chi connectivity index (χ4v) is 3.99. The summed E-state index contributed by atoms with van der Waals surface area (Å²) >= 11 is 1.43. The van der Waals surface area contributed by atoms with Crippen LogP contribution in [0.4, 0.5) is 5.69 Å². The zero-order chi connectivity index (χ0) is 18.3. The SMILES string of the molecule is NC(=O)c1ccc(NC(=O)CC2CSc3nc4[nH]ncc4c(=O)n32)cc1. The number of hydrogen-bond acceptors (Lipinski definition) is 6. The number of thioether (sulfide) groups is 1. The Morgan fingerprint density at radius 2 is 2.12 bits per heavy atom.